The molecule has 0 saturated heterocycles. The number of fused-ring (bicyclic) bond motifs is 1. The smallest absolute Gasteiger partial charge is 0.256 e. The Morgan fingerprint density at radius 3 is 2.61 bits per heavy atom. The van der Waals surface area contributed by atoms with E-state index in [0.29, 0.717) is 22.7 Å². The van der Waals surface area contributed by atoms with Crippen LogP contribution in [0.1, 0.15) is 10.4 Å². The predicted molar refractivity (Wildman–Crippen MR) is 97.0 cm³/mol. The third kappa shape index (κ3) is 3.00. The molecule has 0 aliphatic carbocycles. The summed E-state index contributed by atoms with van der Waals surface area (Å²) in [7, 11) is 1.54. The fourth-order valence-electron chi connectivity index (χ4n) is 2.47. The van der Waals surface area contributed by atoms with Gasteiger partial charge in [0.2, 0.25) is 0 Å². The van der Waals surface area contributed by atoms with E-state index in [1.54, 1.807) is 31.4 Å². The molecule has 1 amide bonds. The largest absolute Gasteiger partial charge is 0.494 e. The first-order valence-electron chi connectivity index (χ1n) is 7.02. The van der Waals surface area contributed by atoms with Crippen molar-refractivity contribution in [1.29, 1.82) is 0 Å². The number of hydrogen-bond acceptors (Lipinski definition) is 3. The molecule has 0 aliphatic rings. The Morgan fingerprint density at radius 1 is 1.09 bits per heavy atom. The van der Waals surface area contributed by atoms with E-state index in [4.69, 9.17) is 10.5 Å². The lowest BCUT2D eigenvalue weighted by molar-refractivity contribution is 0.102. The number of benzene rings is 3. The highest BCUT2D eigenvalue weighted by molar-refractivity contribution is 9.10. The molecule has 0 aliphatic heterocycles. The standard InChI is InChI=1S/C18H15BrN2O2/c1-23-17-10-11(20)8-9-16(17)21-18(22)14-6-2-5-13-12(14)4-3-7-15(13)19/h2-10H,20H2,1H3,(H,21,22). The van der Waals surface area contributed by atoms with Crippen molar-refractivity contribution < 1.29 is 9.53 Å². The lowest BCUT2D eigenvalue weighted by Crippen LogP contribution is -2.13. The van der Waals surface area contributed by atoms with Gasteiger partial charge in [-0.1, -0.05) is 40.2 Å². The Kier molecular flexibility index (Phi) is 4.21. The highest BCUT2D eigenvalue weighted by Gasteiger charge is 2.13. The van der Waals surface area contributed by atoms with Crippen molar-refractivity contribution in [3.05, 3.63) is 64.6 Å². The highest BCUT2D eigenvalue weighted by Crippen LogP contribution is 2.29. The molecule has 0 fully saturated rings. The normalized spacial score (nSPS) is 10.5. The molecular weight excluding hydrogens is 356 g/mol. The van der Waals surface area contributed by atoms with Crippen LogP contribution in [0.2, 0.25) is 0 Å². The molecule has 0 atom stereocenters. The second-order valence-electron chi connectivity index (χ2n) is 5.05. The molecule has 0 bridgehead atoms. The van der Waals surface area contributed by atoms with Crippen LogP contribution in [0, 0.1) is 0 Å². The Morgan fingerprint density at radius 2 is 1.83 bits per heavy atom. The highest BCUT2D eigenvalue weighted by atomic mass is 79.9. The molecule has 3 rings (SSSR count). The average molecular weight is 371 g/mol. The molecule has 4 nitrogen and oxygen atoms in total. The van der Waals surface area contributed by atoms with Crippen molar-refractivity contribution in [2.75, 3.05) is 18.2 Å². The number of carbonyl (C=O) groups excluding carboxylic acids is 1. The second-order valence-corrected chi connectivity index (χ2v) is 5.91. The topological polar surface area (TPSA) is 64.3 Å². The summed E-state index contributed by atoms with van der Waals surface area (Å²) in [5, 5.41) is 4.76. The zero-order chi connectivity index (χ0) is 16.4. The number of anilines is 2. The zero-order valence-corrected chi connectivity index (χ0v) is 14.1. The fourth-order valence-corrected chi connectivity index (χ4v) is 2.97. The molecule has 0 aromatic heterocycles. The van der Waals surface area contributed by atoms with Crippen LogP contribution >= 0.6 is 15.9 Å². The van der Waals surface area contributed by atoms with E-state index in [1.165, 1.54) is 0 Å². The number of halogens is 1. The molecule has 5 heteroatoms. The molecule has 3 aromatic rings. The monoisotopic (exact) mass is 370 g/mol. The Labute approximate surface area is 142 Å². The number of rotatable bonds is 3. The van der Waals surface area contributed by atoms with Gasteiger partial charge in [-0.05, 0) is 35.0 Å². The molecule has 0 saturated carbocycles. The van der Waals surface area contributed by atoms with Gasteiger partial charge in [0.15, 0.2) is 0 Å². The van der Waals surface area contributed by atoms with Crippen LogP contribution < -0.4 is 15.8 Å². The van der Waals surface area contributed by atoms with Crippen LogP contribution in [0.25, 0.3) is 10.8 Å². The molecular formula is C18H15BrN2O2. The van der Waals surface area contributed by atoms with E-state index in [1.807, 2.05) is 30.3 Å². The summed E-state index contributed by atoms with van der Waals surface area (Å²) in [6.07, 6.45) is 0. The van der Waals surface area contributed by atoms with Crippen LogP contribution in [0.5, 0.6) is 5.75 Å². The minimum Gasteiger partial charge on any atom is -0.494 e. The van der Waals surface area contributed by atoms with E-state index in [2.05, 4.69) is 21.2 Å². The van der Waals surface area contributed by atoms with Crippen LogP contribution in [-0.4, -0.2) is 13.0 Å². The van der Waals surface area contributed by atoms with Gasteiger partial charge in [-0.2, -0.15) is 0 Å². The van der Waals surface area contributed by atoms with Crippen LogP contribution in [0.4, 0.5) is 11.4 Å². The number of nitrogens with one attached hydrogen (secondary N) is 1. The van der Waals surface area contributed by atoms with Gasteiger partial charge in [-0.3, -0.25) is 4.79 Å². The van der Waals surface area contributed by atoms with Crippen LogP contribution in [-0.2, 0) is 0 Å². The maximum absolute atomic E-state index is 12.7. The first-order chi connectivity index (χ1) is 11.1. The number of hydrogen-bond donors (Lipinski definition) is 2. The van der Waals surface area contributed by atoms with Crippen molar-refractivity contribution in [2.45, 2.75) is 0 Å². The number of carbonyl (C=O) groups is 1. The van der Waals surface area contributed by atoms with Crippen molar-refractivity contribution in [3.63, 3.8) is 0 Å². The lowest BCUT2D eigenvalue weighted by atomic mass is 10.0. The first-order valence-corrected chi connectivity index (χ1v) is 7.81. The van der Waals surface area contributed by atoms with E-state index >= 15 is 0 Å². The zero-order valence-electron chi connectivity index (χ0n) is 12.5. The molecule has 23 heavy (non-hydrogen) atoms. The number of methoxy groups -OCH3 is 1. The minimum absolute atomic E-state index is 0.197. The molecule has 0 unspecified atom stereocenters. The number of nitrogen functional groups attached to an aromatic ring is 1. The van der Waals surface area contributed by atoms with Gasteiger partial charge in [-0.15, -0.1) is 0 Å². The van der Waals surface area contributed by atoms with Gasteiger partial charge < -0.3 is 15.8 Å². The summed E-state index contributed by atoms with van der Waals surface area (Å²) in [6, 6.07) is 16.5. The Hall–Kier alpha value is -2.53. The lowest BCUT2D eigenvalue weighted by Gasteiger charge is -2.12. The maximum Gasteiger partial charge on any atom is 0.256 e. The van der Waals surface area contributed by atoms with Gasteiger partial charge in [0.1, 0.15) is 5.75 Å². The summed E-state index contributed by atoms with van der Waals surface area (Å²) in [6.45, 7) is 0. The molecule has 0 spiro atoms. The molecule has 0 heterocycles. The predicted octanol–water partition coefficient (Wildman–Crippen LogP) is 4.45. The van der Waals surface area contributed by atoms with Crippen molar-refractivity contribution >= 4 is 44.0 Å². The number of ether oxygens (including phenoxy) is 1. The van der Waals surface area contributed by atoms with Gasteiger partial charge >= 0.3 is 0 Å². The van der Waals surface area contributed by atoms with E-state index in [-0.39, 0.29) is 5.91 Å². The summed E-state index contributed by atoms with van der Waals surface area (Å²) in [5.74, 6) is 0.330. The molecule has 3 N–H and O–H groups in total. The third-order valence-electron chi connectivity index (χ3n) is 3.59. The quantitative estimate of drug-likeness (QED) is 0.669. The van der Waals surface area contributed by atoms with Gasteiger partial charge in [0, 0.05) is 21.8 Å². The van der Waals surface area contributed by atoms with Gasteiger partial charge in [0.25, 0.3) is 5.91 Å². The number of amides is 1. The molecule has 3 aromatic carbocycles. The second kappa shape index (κ2) is 6.30. The molecule has 0 radical (unpaired) electrons. The van der Waals surface area contributed by atoms with Crippen LogP contribution in [0.15, 0.2) is 59.1 Å². The minimum atomic E-state index is -0.197. The summed E-state index contributed by atoms with van der Waals surface area (Å²) < 4.78 is 6.22. The van der Waals surface area contributed by atoms with Gasteiger partial charge in [0.05, 0.1) is 12.8 Å². The van der Waals surface area contributed by atoms with Crippen molar-refractivity contribution in [3.8, 4) is 5.75 Å². The SMILES string of the molecule is COc1cc(N)ccc1NC(=O)c1cccc2c(Br)cccc12. The average Bonchev–Trinajstić information content (AvgIpc) is 2.56. The van der Waals surface area contributed by atoms with Crippen LogP contribution in [0.3, 0.4) is 0 Å². The maximum atomic E-state index is 12.7. The van der Waals surface area contributed by atoms with Crippen molar-refractivity contribution in [1.82, 2.24) is 0 Å². The molecule has 116 valence electrons. The summed E-state index contributed by atoms with van der Waals surface area (Å²) >= 11 is 3.51. The fraction of sp³-hybridized carbons (Fsp3) is 0.0556. The summed E-state index contributed by atoms with van der Waals surface area (Å²) in [5.41, 5.74) is 7.50. The van der Waals surface area contributed by atoms with E-state index in [0.717, 1.165) is 15.2 Å². The van der Waals surface area contributed by atoms with Gasteiger partial charge in [-0.25, -0.2) is 0 Å². The first kappa shape index (κ1) is 15.4. The number of nitrogens with two attached hydrogens (primary N) is 1. The third-order valence-corrected chi connectivity index (χ3v) is 4.28. The van der Waals surface area contributed by atoms with Crippen molar-refractivity contribution in [2.24, 2.45) is 0 Å². The Bertz CT molecular complexity index is 893. The summed E-state index contributed by atoms with van der Waals surface area (Å²) in [4.78, 5) is 12.7. The van der Waals surface area contributed by atoms with E-state index in [9.17, 15) is 4.79 Å². The Balaban J connectivity index is 2.00. The van der Waals surface area contributed by atoms with E-state index < -0.39 is 0 Å².